The molecule has 34 heavy (non-hydrogen) atoms. The van der Waals surface area contributed by atoms with Crippen LogP contribution in [-0.4, -0.2) is 117 Å². The third-order valence-electron chi connectivity index (χ3n) is 5.25. The Bertz CT molecular complexity index is 909. The highest BCUT2D eigenvalue weighted by Crippen LogP contribution is 2.19. The second kappa shape index (κ2) is 13.1. The van der Waals surface area contributed by atoms with Crippen LogP contribution in [0, 0.1) is 10.1 Å². The molecule has 186 valence electrons. The Hall–Kier alpha value is -3.71. The lowest BCUT2D eigenvalue weighted by Gasteiger charge is -2.31. The van der Waals surface area contributed by atoms with Crippen LogP contribution in [0.15, 0.2) is 36.7 Å². The number of nitrogens with zero attached hydrogens (tertiary/aromatic N) is 5. The van der Waals surface area contributed by atoms with Gasteiger partial charge in [-0.05, 0) is 0 Å². The number of hydrogen-bond acceptors (Lipinski definition) is 9. The van der Waals surface area contributed by atoms with Crippen LogP contribution in [-0.2, 0) is 20.9 Å². The average molecular weight is 479 g/mol. The summed E-state index contributed by atoms with van der Waals surface area (Å²) < 4.78 is 0. The van der Waals surface area contributed by atoms with Crippen molar-refractivity contribution in [2.45, 2.75) is 6.54 Å². The van der Waals surface area contributed by atoms with Crippen LogP contribution in [0.3, 0.4) is 0 Å². The topological polar surface area (TPSA) is 168 Å². The van der Waals surface area contributed by atoms with Gasteiger partial charge in [-0.2, -0.15) is 0 Å². The fourth-order valence-corrected chi connectivity index (χ4v) is 3.57. The predicted molar refractivity (Wildman–Crippen MR) is 120 cm³/mol. The van der Waals surface area contributed by atoms with E-state index in [4.69, 9.17) is 5.11 Å². The minimum atomic E-state index is -1.07. The van der Waals surface area contributed by atoms with Gasteiger partial charge in [0.15, 0.2) is 0 Å². The zero-order valence-electron chi connectivity index (χ0n) is 18.7. The molecule has 0 atom stereocenters. The lowest BCUT2D eigenvalue weighted by Crippen LogP contribution is -2.44. The van der Waals surface area contributed by atoms with Crippen LogP contribution in [0.1, 0.15) is 5.56 Å². The maximum Gasteiger partial charge on any atom is 0.323 e. The molecule has 0 unspecified atom stereocenters. The predicted octanol–water partition coefficient (Wildman–Crippen LogP) is 0.0414. The molecule has 0 radical (unpaired) electrons. The van der Waals surface area contributed by atoms with E-state index < -0.39 is 22.8 Å². The molecule has 1 aliphatic rings. The molecule has 0 amide bonds. The number of carbonyl (C=O) groups is 3. The first kappa shape index (κ1) is 26.5. The number of benzene rings is 1. The van der Waals surface area contributed by atoms with Gasteiger partial charge in [0.05, 0.1) is 11.5 Å². The maximum absolute atomic E-state index is 11.4. The van der Waals surface area contributed by atoms with Crippen molar-refractivity contribution < 1.29 is 34.6 Å². The van der Waals surface area contributed by atoms with E-state index in [-0.39, 0.29) is 51.5 Å². The first-order valence-corrected chi connectivity index (χ1v) is 10.6. The largest absolute Gasteiger partial charge is 0.480 e. The van der Waals surface area contributed by atoms with Crippen LogP contribution in [0.5, 0.6) is 0 Å². The molecule has 1 aliphatic heterocycles. The van der Waals surface area contributed by atoms with E-state index >= 15 is 0 Å². The van der Waals surface area contributed by atoms with Gasteiger partial charge in [0.2, 0.25) is 0 Å². The molecule has 13 heteroatoms. The molecule has 0 aliphatic carbocycles. The smallest absolute Gasteiger partial charge is 0.323 e. The van der Waals surface area contributed by atoms with Crippen molar-refractivity contribution in [1.29, 1.82) is 0 Å². The van der Waals surface area contributed by atoms with Crippen molar-refractivity contribution in [3.05, 3.63) is 52.3 Å². The maximum atomic E-state index is 11.4. The van der Waals surface area contributed by atoms with Crippen molar-refractivity contribution >= 4 is 23.6 Å². The summed E-state index contributed by atoms with van der Waals surface area (Å²) in [7, 11) is 0. The molecule has 2 rings (SSSR count). The van der Waals surface area contributed by atoms with Gasteiger partial charge in [-0.25, -0.2) is 0 Å². The molecule has 0 aromatic heterocycles. The van der Waals surface area contributed by atoms with Crippen molar-refractivity contribution in [2.24, 2.45) is 0 Å². The Morgan fingerprint density at radius 3 is 1.76 bits per heavy atom. The van der Waals surface area contributed by atoms with E-state index in [1.165, 1.54) is 28.3 Å². The zero-order chi connectivity index (χ0) is 25.1. The molecule has 0 spiro atoms. The Balaban J connectivity index is 2.28. The van der Waals surface area contributed by atoms with E-state index in [1.54, 1.807) is 23.1 Å². The lowest BCUT2D eigenvalue weighted by molar-refractivity contribution is -0.385. The summed E-state index contributed by atoms with van der Waals surface area (Å²) in [6.07, 6.45) is 2.99. The van der Waals surface area contributed by atoms with Crippen LogP contribution in [0.2, 0.25) is 0 Å². The van der Waals surface area contributed by atoms with Crippen molar-refractivity contribution in [2.75, 3.05) is 58.9 Å². The lowest BCUT2D eigenvalue weighted by atomic mass is 10.1. The van der Waals surface area contributed by atoms with Crippen LogP contribution >= 0.6 is 0 Å². The van der Waals surface area contributed by atoms with E-state index in [2.05, 4.69) is 0 Å². The first-order chi connectivity index (χ1) is 16.1. The molecular weight excluding hydrogens is 450 g/mol. The normalized spacial score (nSPS) is 17.4. The number of nitro benzene ring substituents is 1. The van der Waals surface area contributed by atoms with Crippen LogP contribution in [0.4, 0.5) is 5.69 Å². The number of nitro groups is 1. The van der Waals surface area contributed by atoms with Gasteiger partial charge in [-0.1, -0.05) is 18.2 Å². The van der Waals surface area contributed by atoms with Gasteiger partial charge >= 0.3 is 17.9 Å². The molecule has 0 saturated heterocycles. The summed E-state index contributed by atoms with van der Waals surface area (Å²) in [6, 6.07) is 6.35. The zero-order valence-corrected chi connectivity index (χ0v) is 18.7. The summed E-state index contributed by atoms with van der Waals surface area (Å²) in [5, 5.41) is 39.1. The molecule has 1 heterocycles. The fraction of sp³-hybridized carbons (Fsp3) is 0.476. The van der Waals surface area contributed by atoms with E-state index in [9.17, 15) is 34.7 Å². The van der Waals surface area contributed by atoms with Gasteiger partial charge in [-0.3, -0.25) is 34.3 Å². The summed E-state index contributed by atoms with van der Waals surface area (Å²) >= 11 is 0. The molecular formula is C21H29N5O8. The summed E-state index contributed by atoms with van der Waals surface area (Å²) in [4.78, 5) is 51.4. The second-order valence-electron chi connectivity index (χ2n) is 7.86. The highest BCUT2D eigenvalue weighted by Gasteiger charge is 2.20. The monoisotopic (exact) mass is 479 g/mol. The van der Waals surface area contributed by atoms with E-state index in [1.807, 2.05) is 4.90 Å². The Morgan fingerprint density at radius 2 is 1.24 bits per heavy atom. The van der Waals surface area contributed by atoms with Crippen molar-refractivity contribution in [1.82, 2.24) is 19.6 Å². The number of carboxylic acid groups (broad SMARTS) is 3. The van der Waals surface area contributed by atoms with Gasteiger partial charge in [0.25, 0.3) is 5.69 Å². The first-order valence-electron chi connectivity index (χ1n) is 10.6. The molecule has 0 bridgehead atoms. The quantitative estimate of drug-likeness (QED) is 0.322. The van der Waals surface area contributed by atoms with Crippen molar-refractivity contribution in [3.8, 4) is 0 Å². The summed E-state index contributed by atoms with van der Waals surface area (Å²) in [5.74, 6) is -3.15. The summed E-state index contributed by atoms with van der Waals surface area (Å²) in [5.41, 5.74) is 0.472. The van der Waals surface area contributed by atoms with Crippen LogP contribution in [0.25, 0.3) is 0 Å². The SMILES string of the molecule is O=C(O)CN1/C=C\N(CC(=O)O)CCN(Cc2ccccc2[N+](=O)[O-])CCN(CC(=O)O)CC1. The third kappa shape index (κ3) is 9.42. The average Bonchev–Trinajstić information content (AvgIpc) is 2.74. The highest BCUT2D eigenvalue weighted by atomic mass is 16.6. The van der Waals surface area contributed by atoms with Gasteiger partial charge in [-0.15, -0.1) is 0 Å². The van der Waals surface area contributed by atoms with Gasteiger partial charge in [0.1, 0.15) is 13.1 Å². The second-order valence-corrected chi connectivity index (χ2v) is 7.86. The number of aliphatic carboxylic acids is 3. The minimum absolute atomic E-state index is 0.0254. The fourth-order valence-electron chi connectivity index (χ4n) is 3.57. The number of hydrogen-bond donors (Lipinski definition) is 3. The standard InChI is InChI=1S/C21H29N5O8/c27-19(28)14-23-7-5-22(13-17-3-1-2-4-18(17)26(33)34)6-8-24(15-20(29)30)10-12-25(11-9-23)16-21(31)32/h1-4,9,11H,5-8,10,12-16H2,(H,27,28)(H,29,30)(H,31,32)/b11-9-. The molecule has 1 aromatic carbocycles. The Kier molecular flexibility index (Phi) is 10.2. The Labute approximate surface area is 196 Å². The molecule has 1 aromatic rings. The minimum Gasteiger partial charge on any atom is -0.480 e. The number of carboxylic acids is 3. The number of para-hydroxylation sites is 1. The molecule has 0 fully saturated rings. The highest BCUT2D eigenvalue weighted by molar-refractivity contribution is 5.70. The van der Waals surface area contributed by atoms with Gasteiger partial charge < -0.3 is 25.1 Å². The van der Waals surface area contributed by atoms with E-state index in [0.29, 0.717) is 25.2 Å². The third-order valence-corrected chi connectivity index (χ3v) is 5.25. The molecule has 13 nitrogen and oxygen atoms in total. The van der Waals surface area contributed by atoms with Crippen molar-refractivity contribution in [3.63, 3.8) is 0 Å². The summed E-state index contributed by atoms with van der Waals surface area (Å²) in [6.45, 7) is 1.18. The molecule has 3 N–H and O–H groups in total. The van der Waals surface area contributed by atoms with E-state index in [0.717, 1.165) is 0 Å². The van der Waals surface area contributed by atoms with Crippen LogP contribution < -0.4 is 0 Å². The Morgan fingerprint density at radius 1 is 0.765 bits per heavy atom. The molecule has 0 saturated carbocycles. The number of rotatable bonds is 9. The van der Waals surface area contributed by atoms with Gasteiger partial charge in [0, 0.05) is 69.8 Å².